The van der Waals surface area contributed by atoms with Gasteiger partial charge in [-0.3, -0.25) is 14.4 Å². The minimum absolute atomic E-state index is 0.0373. The van der Waals surface area contributed by atoms with Gasteiger partial charge in [-0.15, -0.1) is 0 Å². The summed E-state index contributed by atoms with van der Waals surface area (Å²) in [6.45, 7) is 10.2. The Bertz CT molecular complexity index is 1410. The summed E-state index contributed by atoms with van der Waals surface area (Å²) in [6, 6.07) is 12.7. The van der Waals surface area contributed by atoms with E-state index in [-0.39, 0.29) is 34.9 Å². The van der Waals surface area contributed by atoms with Crippen LogP contribution in [0.4, 0.5) is 5.69 Å². The maximum Gasteiger partial charge on any atom is 0.262 e. The van der Waals surface area contributed by atoms with Crippen molar-refractivity contribution in [2.75, 3.05) is 19.0 Å². The van der Waals surface area contributed by atoms with Gasteiger partial charge in [0.1, 0.15) is 5.75 Å². The van der Waals surface area contributed by atoms with Gasteiger partial charge >= 0.3 is 0 Å². The monoisotopic (exact) mass is 560 g/mol. The molecule has 2 aromatic rings. The molecule has 6 nitrogen and oxygen atoms in total. The number of Topliss-reactive ketones (excluding diaryl/α,β-unsaturated/α-hetero) is 2. The van der Waals surface area contributed by atoms with Crippen LogP contribution in [0.2, 0.25) is 5.02 Å². The second-order valence-corrected chi connectivity index (χ2v) is 13.4. The Balaban J connectivity index is 1.56. The molecule has 0 fully saturated rings. The molecular weight excluding hydrogens is 524 g/mol. The van der Waals surface area contributed by atoms with Gasteiger partial charge in [-0.25, -0.2) is 0 Å². The first-order chi connectivity index (χ1) is 18.7. The molecule has 0 atom stereocenters. The van der Waals surface area contributed by atoms with Gasteiger partial charge in [-0.2, -0.15) is 0 Å². The zero-order valence-corrected chi connectivity index (χ0v) is 24.9. The smallest absolute Gasteiger partial charge is 0.262 e. The topological polar surface area (TPSA) is 75.7 Å². The summed E-state index contributed by atoms with van der Waals surface area (Å²) in [5, 5.41) is 3.33. The zero-order chi connectivity index (χ0) is 29.0. The van der Waals surface area contributed by atoms with Crippen LogP contribution in [0.3, 0.4) is 0 Å². The van der Waals surface area contributed by atoms with Crippen LogP contribution >= 0.6 is 11.6 Å². The largest absolute Gasteiger partial charge is 0.483 e. The minimum atomic E-state index is -0.595. The highest BCUT2D eigenvalue weighted by Crippen LogP contribution is 2.55. The maximum absolute atomic E-state index is 13.8. The van der Waals surface area contributed by atoms with Crippen molar-refractivity contribution in [1.82, 2.24) is 4.90 Å². The summed E-state index contributed by atoms with van der Waals surface area (Å²) in [5.41, 5.74) is 5.24. The molecule has 2 aliphatic carbocycles. The fourth-order valence-corrected chi connectivity index (χ4v) is 6.51. The molecule has 0 radical (unpaired) electrons. The molecule has 1 aliphatic heterocycles. The molecule has 40 heavy (non-hydrogen) atoms. The molecule has 210 valence electrons. The van der Waals surface area contributed by atoms with Crippen LogP contribution < -0.4 is 10.1 Å². The van der Waals surface area contributed by atoms with Crippen LogP contribution in [0.15, 0.2) is 65.0 Å². The number of hydrogen-bond acceptors (Lipinski definition) is 5. The third kappa shape index (κ3) is 5.46. The molecule has 0 saturated heterocycles. The summed E-state index contributed by atoms with van der Waals surface area (Å²) in [6.07, 6.45) is 2.24. The second-order valence-electron chi connectivity index (χ2n) is 13.0. The molecular formula is C33H37ClN2O4. The van der Waals surface area contributed by atoms with E-state index in [1.807, 2.05) is 38.2 Å². The molecule has 2 aromatic carbocycles. The van der Waals surface area contributed by atoms with Crippen molar-refractivity contribution >= 4 is 34.8 Å². The van der Waals surface area contributed by atoms with Crippen molar-refractivity contribution in [3.8, 4) is 5.75 Å². The van der Waals surface area contributed by atoms with E-state index >= 15 is 0 Å². The predicted octanol–water partition coefficient (Wildman–Crippen LogP) is 6.98. The molecule has 1 N–H and O–H groups in total. The lowest BCUT2D eigenvalue weighted by molar-refractivity contribution is -0.120. The van der Waals surface area contributed by atoms with E-state index in [4.69, 9.17) is 16.3 Å². The van der Waals surface area contributed by atoms with Crippen molar-refractivity contribution in [3.63, 3.8) is 0 Å². The number of benzene rings is 2. The van der Waals surface area contributed by atoms with Crippen LogP contribution in [-0.2, 0) is 14.4 Å². The molecule has 7 heteroatoms. The van der Waals surface area contributed by atoms with Crippen LogP contribution in [0.1, 0.15) is 70.4 Å². The van der Waals surface area contributed by atoms with E-state index < -0.39 is 5.92 Å². The zero-order valence-electron chi connectivity index (χ0n) is 24.1. The van der Waals surface area contributed by atoms with Gasteiger partial charge in [0, 0.05) is 64.6 Å². The first kappa shape index (κ1) is 28.2. The molecule has 0 unspecified atom stereocenters. The lowest BCUT2D eigenvalue weighted by Gasteiger charge is -2.48. The fourth-order valence-electron chi connectivity index (χ4n) is 6.33. The Kier molecular flexibility index (Phi) is 7.20. The number of rotatable bonds is 5. The molecule has 0 bridgehead atoms. The number of nitrogens with zero attached hydrogens (tertiary/aromatic N) is 1. The number of anilines is 1. The van der Waals surface area contributed by atoms with Gasteiger partial charge < -0.3 is 15.0 Å². The third-order valence-electron chi connectivity index (χ3n) is 8.16. The average molecular weight is 561 g/mol. The number of aryl methyl sites for hydroxylation is 1. The van der Waals surface area contributed by atoms with Gasteiger partial charge in [0.2, 0.25) is 0 Å². The van der Waals surface area contributed by atoms with Crippen molar-refractivity contribution < 1.29 is 19.1 Å². The highest BCUT2D eigenvalue weighted by molar-refractivity contribution is 6.30. The number of hydrogen-bond donors (Lipinski definition) is 1. The average Bonchev–Trinajstić information content (AvgIpc) is 2.85. The molecule has 0 spiro atoms. The van der Waals surface area contributed by atoms with E-state index in [1.165, 1.54) is 0 Å². The first-order valence-corrected chi connectivity index (χ1v) is 14.2. The fraction of sp³-hybridized carbons (Fsp3) is 0.424. The van der Waals surface area contributed by atoms with Crippen molar-refractivity contribution in [1.29, 1.82) is 0 Å². The number of nitrogens with one attached hydrogen (secondary N) is 1. The normalized spacial score (nSPS) is 20.3. The van der Waals surface area contributed by atoms with Crippen LogP contribution in [-0.4, -0.2) is 36.0 Å². The molecule has 1 amide bonds. The SMILES string of the molecule is Cc1ccc(NC(=O)COc2ccc(Cl)cc2C2C3=C(CC(C)(C)CC3=O)N(C)C3=C2C(=O)CC(C)(C)C3)cc1. The second kappa shape index (κ2) is 10.2. The molecule has 1 heterocycles. The minimum Gasteiger partial charge on any atom is -0.483 e. The number of carbonyl (C=O) groups excluding carboxylic acids is 3. The Morgan fingerprint density at radius 2 is 1.48 bits per heavy atom. The summed E-state index contributed by atoms with van der Waals surface area (Å²) in [7, 11) is 1.98. The highest BCUT2D eigenvalue weighted by atomic mass is 35.5. The molecule has 3 aliphatic rings. The summed E-state index contributed by atoms with van der Waals surface area (Å²) < 4.78 is 6.09. The summed E-state index contributed by atoms with van der Waals surface area (Å²) in [5.74, 6) is -0.390. The van der Waals surface area contributed by atoms with Gasteiger partial charge in [0.25, 0.3) is 5.91 Å². The Morgan fingerprint density at radius 1 is 0.925 bits per heavy atom. The highest BCUT2D eigenvalue weighted by Gasteiger charge is 2.48. The third-order valence-corrected chi connectivity index (χ3v) is 8.39. The molecule has 0 saturated carbocycles. The number of allylic oxidation sites excluding steroid dienone is 4. The number of halogens is 1. The van der Waals surface area contributed by atoms with Gasteiger partial charge in [-0.1, -0.05) is 57.0 Å². The van der Waals surface area contributed by atoms with E-state index in [1.54, 1.807) is 18.2 Å². The molecule has 0 aromatic heterocycles. The maximum atomic E-state index is 13.8. The number of amides is 1. The van der Waals surface area contributed by atoms with E-state index in [0.29, 0.717) is 46.0 Å². The first-order valence-electron chi connectivity index (χ1n) is 13.8. The predicted molar refractivity (Wildman–Crippen MR) is 157 cm³/mol. The van der Waals surface area contributed by atoms with Crippen LogP contribution in [0.25, 0.3) is 0 Å². The van der Waals surface area contributed by atoms with Gasteiger partial charge in [-0.05, 0) is 60.9 Å². The van der Waals surface area contributed by atoms with Gasteiger partial charge in [0.05, 0.1) is 0 Å². The number of carbonyl (C=O) groups is 3. The number of ether oxygens (including phenoxy) is 1. The lowest BCUT2D eigenvalue weighted by Crippen LogP contribution is -2.43. The van der Waals surface area contributed by atoms with Crippen LogP contribution in [0.5, 0.6) is 5.75 Å². The Hall–Kier alpha value is -3.38. The Morgan fingerprint density at radius 3 is 2.02 bits per heavy atom. The van der Waals surface area contributed by atoms with Gasteiger partial charge in [0.15, 0.2) is 18.2 Å². The quantitative estimate of drug-likeness (QED) is 0.427. The van der Waals surface area contributed by atoms with Crippen LogP contribution in [0, 0.1) is 17.8 Å². The summed E-state index contributed by atoms with van der Waals surface area (Å²) in [4.78, 5) is 42.5. The summed E-state index contributed by atoms with van der Waals surface area (Å²) >= 11 is 6.51. The molecule has 5 rings (SSSR count). The van der Waals surface area contributed by atoms with Crippen molar-refractivity contribution in [3.05, 3.63) is 81.2 Å². The Labute approximate surface area is 241 Å². The standard InChI is InChI=1S/C33H37ClN2O4/c1-19-7-10-21(11-8-19)35-28(39)18-40-27-12-9-20(34)13-22(27)29-30-23(14-32(2,3)16-25(30)37)36(6)24-15-33(4,5)17-26(38)31(24)29/h7-13,29H,14-18H2,1-6H3,(H,35,39). The van der Waals surface area contributed by atoms with Crippen molar-refractivity contribution in [2.24, 2.45) is 10.8 Å². The van der Waals surface area contributed by atoms with E-state index in [9.17, 15) is 14.4 Å². The van der Waals surface area contributed by atoms with E-state index in [2.05, 4.69) is 37.9 Å². The number of ketones is 2. The van der Waals surface area contributed by atoms with Crippen molar-refractivity contribution in [2.45, 2.75) is 66.2 Å². The van der Waals surface area contributed by atoms with E-state index in [0.717, 1.165) is 29.8 Å². The lowest BCUT2D eigenvalue weighted by atomic mass is 9.63.